The molecule has 0 saturated heterocycles. The van der Waals surface area contributed by atoms with Gasteiger partial charge in [-0.05, 0) is 35.4 Å². The number of primary sulfonamides is 1. The molecule has 0 saturated carbocycles. The van der Waals surface area contributed by atoms with E-state index >= 15 is 0 Å². The fourth-order valence-electron chi connectivity index (χ4n) is 2.70. The van der Waals surface area contributed by atoms with Crippen molar-refractivity contribution in [3.05, 3.63) is 108 Å². The highest BCUT2D eigenvalue weighted by atomic mass is 35.5. The third-order valence-corrected chi connectivity index (χ3v) is 7.98. The van der Waals surface area contributed by atoms with Crippen LogP contribution in [0.2, 0.25) is 0 Å². The van der Waals surface area contributed by atoms with E-state index in [2.05, 4.69) is 5.09 Å². The van der Waals surface area contributed by atoms with Crippen LogP contribution in [-0.4, -0.2) is 8.42 Å². The molecule has 0 radical (unpaired) electrons. The third-order valence-electron chi connectivity index (χ3n) is 4.20. The van der Waals surface area contributed by atoms with Gasteiger partial charge < -0.3 is 5.09 Å². The van der Waals surface area contributed by atoms with Crippen molar-refractivity contribution in [2.45, 2.75) is 4.90 Å². The van der Waals surface area contributed by atoms with Crippen LogP contribution in [0.1, 0.15) is 11.1 Å². The first kappa shape index (κ1) is 23.3. The summed E-state index contributed by atoms with van der Waals surface area (Å²) in [5.74, 6) is 2.84. The fraction of sp³-hybridized carbons (Fsp3) is 0. The molecule has 0 aliphatic heterocycles. The highest BCUT2D eigenvalue weighted by Gasteiger charge is 2.20. The summed E-state index contributed by atoms with van der Waals surface area (Å²) in [6, 6.07) is 23.8. The summed E-state index contributed by atoms with van der Waals surface area (Å²) in [7, 11) is -7.30. The standard InChI is InChI=1S/C22H19Cl2N2O3PS/c23-21(17-7-3-1-4-8-17)15-30(27,16-22(24)18-9-5-2-6-10-18)26-19-11-13-20(14-12-19)31(25,28)29/h1-16H,(H,26,27)(H2,25,28,29). The topological polar surface area (TPSA) is 89.3 Å². The molecule has 3 aromatic rings. The Morgan fingerprint density at radius 1 is 0.774 bits per heavy atom. The number of hydrogen-bond donors (Lipinski definition) is 2. The summed E-state index contributed by atoms with van der Waals surface area (Å²) in [6.45, 7) is 0. The van der Waals surface area contributed by atoms with Gasteiger partial charge >= 0.3 is 0 Å². The summed E-state index contributed by atoms with van der Waals surface area (Å²) in [6.07, 6.45) is 0. The Bertz CT molecular complexity index is 1200. The first-order valence-corrected chi connectivity index (χ1v) is 13.2. The Hall–Kier alpha value is -2.34. The van der Waals surface area contributed by atoms with E-state index in [1.54, 1.807) is 24.3 Å². The maximum Gasteiger partial charge on any atom is 0.238 e. The van der Waals surface area contributed by atoms with Crippen LogP contribution in [0.15, 0.2) is 101 Å². The number of anilines is 1. The molecule has 0 unspecified atom stereocenters. The molecule has 3 aromatic carbocycles. The van der Waals surface area contributed by atoms with Gasteiger partial charge in [0.1, 0.15) is 0 Å². The van der Waals surface area contributed by atoms with Gasteiger partial charge in [0, 0.05) is 17.3 Å². The van der Waals surface area contributed by atoms with Crippen LogP contribution in [0.5, 0.6) is 0 Å². The van der Waals surface area contributed by atoms with Crippen LogP contribution in [0.3, 0.4) is 0 Å². The van der Waals surface area contributed by atoms with E-state index in [1.807, 2.05) is 36.4 Å². The van der Waals surface area contributed by atoms with Gasteiger partial charge in [-0.1, -0.05) is 83.9 Å². The van der Waals surface area contributed by atoms with Crippen molar-refractivity contribution in [2.24, 2.45) is 5.14 Å². The lowest BCUT2D eigenvalue weighted by molar-refractivity contribution is 0.589. The summed E-state index contributed by atoms with van der Waals surface area (Å²) in [4.78, 5) is -0.0522. The quantitative estimate of drug-likeness (QED) is 0.368. The van der Waals surface area contributed by atoms with Gasteiger partial charge in [-0.15, -0.1) is 0 Å². The summed E-state index contributed by atoms with van der Waals surface area (Å²) in [5.41, 5.74) is 1.80. The zero-order chi connectivity index (χ0) is 22.5. The van der Waals surface area contributed by atoms with Crippen molar-refractivity contribution in [2.75, 3.05) is 5.09 Å². The predicted molar refractivity (Wildman–Crippen MR) is 130 cm³/mol. The van der Waals surface area contributed by atoms with Crippen molar-refractivity contribution in [3.63, 3.8) is 0 Å². The maximum absolute atomic E-state index is 13.9. The molecule has 3 N–H and O–H groups in total. The molecule has 0 atom stereocenters. The Labute approximate surface area is 191 Å². The van der Waals surface area contributed by atoms with Crippen LogP contribution in [0.25, 0.3) is 10.1 Å². The number of nitrogens with one attached hydrogen (secondary N) is 1. The second-order valence-electron chi connectivity index (χ2n) is 6.58. The molecular formula is C22H19Cl2N2O3PS. The van der Waals surface area contributed by atoms with Crippen LogP contribution in [0.4, 0.5) is 5.69 Å². The van der Waals surface area contributed by atoms with Gasteiger partial charge in [-0.3, -0.25) is 4.57 Å². The molecule has 9 heteroatoms. The molecule has 0 bridgehead atoms. The smallest absolute Gasteiger partial charge is 0.238 e. The molecule has 5 nitrogen and oxygen atoms in total. The lowest BCUT2D eigenvalue weighted by atomic mass is 10.2. The molecule has 0 fully saturated rings. The largest absolute Gasteiger partial charge is 0.330 e. The molecule has 160 valence electrons. The minimum atomic E-state index is -3.84. The molecule has 0 heterocycles. The zero-order valence-corrected chi connectivity index (χ0v) is 19.4. The Balaban J connectivity index is 2.02. The summed E-state index contributed by atoms with van der Waals surface area (Å²) in [5, 5.41) is 8.64. The second kappa shape index (κ2) is 9.86. The predicted octanol–water partition coefficient (Wildman–Crippen LogP) is 6.50. The average Bonchev–Trinajstić information content (AvgIpc) is 2.74. The number of benzene rings is 3. The Morgan fingerprint density at radius 2 is 1.19 bits per heavy atom. The number of halogens is 2. The second-order valence-corrected chi connectivity index (χ2v) is 11.1. The van der Waals surface area contributed by atoms with E-state index in [0.29, 0.717) is 16.8 Å². The Morgan fingerprint density at radius 3 is 1.58 bits per heavy atom. The molecule has 0 amide bonds. The molecule has 3 rings (SSSR count). The number of hydrogen-bond acceptors (Lipinski definition) is 3. The van der Waals surface area contributed by atoms with E-state index in [4.69, 9.17) is 28.3 Å². The molecule has 0 aliphatic carbocycles. The highest BCUT2D eigenvalue weighted by molar-refractivity contribution is 7.89. The van der Waals surface area contributed by atoms with Gasteiger partial charge in [0.2, 0.25) is 17.3 Å². The maximum atomic E-state index is 13.9. The van der Waals surface area contributed by atoms with Crippen LogP contribution < -0.4 is 10.2 Å². The van der Waals surface area contributed by atoms with Gasteiger partial charge in [-0.25, -0.2) is 13.6 Å². The first-order valence-electron chi connectivity index (χ1n) is 9.04. The molecule has 31 heavy (non-hydrogen) atoms. The first-order chi connectivity index (χ1) is 14.7. The van der Waals surface area contributed by atoms with Crippen molar-refractivity contribution in [3.8, 4) is 0 Å². The zero-order valence-electron chi connectivity index (χ0n) is 16.2. The molecule has 0 aromatic heterocycles. The summed E-state index contributed by atoms with van der Waals surface area (Å²) < 4.78 is 36.8. The normalized spacial score (nSPS) is 14.7. The van der Waals surface area contributed by atoms with E-state index in [9.17, 15) is 13.0 Å². The lowest BCUT2D eigenvalue weighted by Gasteiger charge is -2.16. The van der Waals surface area contributed by atoms with Crippen molar-refractivity contribution in [1.29, 1.82) is 0 Å². The highest BCUT2D eigenvalue weighted by Crippen LogP contribution is 2.53. The van der Waals surface area contributed by atoms with Crippen molar-refractivity contribution >= 4 is 56.3 Å². The van der Waals surface area contributed by atoms with E-state index in [0.717, 1.165) is 0 Å². The summed E-state index contributed by atoms with van der Waals surface area (Å²) >= 11 is 12.9. The monoisotopic (exact) mass is 492 g/mol. The fourth-order valence-corrected chi connectivity index (χ4v) is 6.07. The Kier molecular flexibility index (Phi) is 7.42. The van der Waals surface area contributed by atoms with Crippen LogP contribution in [0, 0.1) is 0 Å². The number of sulfonamides is 1. The number of nitrogens with two attached hydrogens (primary N) is 1. The molecular weight excluding hydrogens is 474 g/mol. The van der Waals surface area contributed by atoms with Gasteiger partial charge in [0.25, 0.3) is 0 Å². The average molecular weight is 493 g/mol. The van der Waals surface area contributed by atoms with Crippen LogP contribution >= 0.6 is 30.5 Å². The minimum absolute atomic E-state index is 0.0522. The lowest BCUT2D eigenvalue weighted by Crippen LogP contribution is -2.11. The van der Waals surface area contributed by atoms with E-state index in [1.165, 1.54) is 35.9 Å². The van der Waals surface area contributed by atoms with Crippen molar-refractivity contribution < 1.29 is 13.0 Å². The van der Waals surface area contributed by atoms with Gasteiger partial charge in [0.15, 0.2) is 0 Å². The SMILES string of the molecule is NS(=O)(=O)c1ccc(NP(=O)(C=C(Cl)c2ccccc2)C=C(Cl)c2ccccc2)cc1. The van der Waals surface area contributed by atoms with Crippen LogP contribution in [-0.2, 0) is 14.6 Å². The minimum Gasteiger partial charge on any atom is -0.330 e. The van der Waals surface area contributed by atoms with E-state index < -0.39 is 17.3 Å². The molecule has 0 aliphatic rings. The van der Waals surface area contributed by atoms with Gasteiger partial charge in [-0.2, -0.15) is 0 Å². The number of rotatable bonds is 7. The third kappa shape index (κ3) is 6.57. The van der Waals surface area contributed by atoms with E-state index in [-0.39, 0.29) is 15.0 Å². The van der Waals surface area contributed by atoms with Gasteiger partial charge in [0.05, 0.1) is 15.0 Å². The molecule has 0 spiro atoms. The van der Waals surface area contributed by atoms with Crippen molar-refractivity contribution in [1.82, 2.24) is 0 Å².